The molecule has 0 aliphatic carbocycles. The molecule has 0 fully saturated rings. The van der Waals surface area contributed by atoms with Gasteiger partial charge in [-0.1, -0.05) is 0 Å². The number of ether oxygens (including phenoxy) is 4. The largest absolute Gasteiger partial charge is 0.512 e. The number of hydrogen-bond acceptors (Lipinski definition) is 5. The predicted molar refractivity (Wildman–Crippen MR) is 49.7 cm³/mol. The summed E-state index contributed by atoms with van der Waals surface area (Å²) in [7, 11) is 0. The third-order valence-corrected chi connectivity index (χ3v) is 1.16. The summed E-state index contributed by atoms with van der Waals surface area (Å²) in [5.74, 6) is 0. The maximum atomic E-state index is 10.8. The first-order valence-corrected chi connectivity index (χ1v) is 4.55. The second-order valence-corrected chi connectivity index (χ2v) is 3.21. The molecule has 5 heteroatoms. The van der Waals surface area contributed by atoms with Crippen molar-refractivity contribution in [2.45, 2.75) is 39.9 Å². The normalized spacial score (nSPS) is 10.7. The van der Waals surface area contributed by atoms with E-state index in [1.54, 1.807) is 0 Å². The van der Waals surface area contributed by atoms with Crippen LogP contribution in [0.5, 0.6) is 0 Å². The number of rotatable bonds is 6. The fourth-order valence-corrected chi connectivity index (χ4v) is 0.478. The lowest BCUT2D eigenvalue weighted by molar-refractivity contribution is -0.100. The van der Waals surface area contributed by atoms with E-state index in [-0.39, 0.29) is 25.8 Å². The molecule has 0 saturated heterocycles. The average Bonchev–Trinajstić information content (AvgIpc) is 2.02. The lowest BCUT2D eigenvalue weighted by atomic mass is 10.5. The zero-order valence-electron chi connectivity index (χ0n) is 9.11. The molecule has 0 rings (SSSR count). The van der Waals surface area contributed by atoms with Crippen LogP contribution in [0, 0.1) is 0 Å². The van der Waals surface area contributed by atoms with Crippen LogP contribution in [-0.4, -0.2) is 31.9 Å². The number of hydrogen-bond donors (Lipinski definition) is 0. The molecule has 0 spiro atoms. The smallest absolute Gasteiger partial charge is 0.407 e. The third-order valence-electron chi connectivity index (χ3n) is 1.16. The zero-order chi connectivity index (χ0) is 11.0. The molecule has 0 saturated carbocycles. The number of carbonyl (C=O) groups is 1. The summed E-state index contributed by atoms with van der Waals surface area (Å²) in [6.45, 7) is 7.18. The van der Waals surface area contributed by atoms with Crippen molar-refractivity contribution in [2.75, 3.05) is 13.6 Å². The molecule has 0 aliphatic rings. The Balaban J connectivity index is 3.28. The minimum atomic E-state index is -0.786. The van der Waals surface area contributed by atoms with E-state index >= 15 is 0 Å². The molecule has 0 aromatic heterocycles. The highest BCUT2D eigenvalue weighted by Crippen LogP contribution is 1.93. The van der Waals surface area contributed by atoms with Crippen LogP contribution in [0.4, 0.5) is 4.79 Å². The molecule has 0 N–H and O–H groups in total. The van der Waals surface area contributed by atoms with E-state index in [0.717, 1.165) is 0 Å². The SMILES string of the molecule is CC(C)OCOC(=O)OCOC(C)C. The fraction of sp³-hybridized carbons (Fsp3) is 0.889. The molecule has 0 aromatic rings. The van der Waals surface area contributed by atoms with E-state index in [0.29, 0.717) is 0 Å². The van der Waals surface area contributed by atoms with Crippen molar-refractivity contribution >= 4 is 6.16 Å². The maximum absolute atomic E-state index is 10.8. The molecule has 0 aromatic carbocycles. The Labute approximate surface area is 84.3 Å². The lowest BCUT2D eigenvalue weighted by Gasteiger charge is -2.10. The van der Waals surface area contributed by atoms with E-state index in [9.17, 15) is 4.79 Å². The van der Waals surface area contributed by atoms with E-state index in [1.807, 2.05) is 27.7 Å². The molecule has 0 heterocycles. The fourth-order valence-electron chi connectivity index (χ4n) is 0.478. The zero-order valence-corrected chi connectivity index (χ0v) is 9.11. The Morgan fingerprint density at radius 1 is 0.929 bits per heavy atom. The number of carbonyl (C=O) groups excluding carboxylic acids is 1. The van der Waals surface area contributed by atoms with Gasteiger partial charge in [0.1, 0.15) is 0 Å². The van der Waals surface area contributed by atoms with Crippen LogP contribution in [0.1, 0.15) is 27.7 Å². The van der Waals surface area contributed by atoms with Crippen LogP contribution in [0.3, 0.4) is 0 Å². The van der Waals surface area contributed by atoms with Crippen molar-refractivity contribution < 1.29 is 23.7 Å². The average molecular weight is 206 g/mol. The molecule has 5 nitrogen and oxygen atoms in total. The van der Waals surface area contributed by atoms with Gasteiger partial charge >= 0.3 is 6.16 Å². The van der Waals surface area contributed by atoms with Crippen LogP contribution in [-0.2, 0) is 18.9 Å². The standard InChI is InChI=1S/C9H18O5/c1-7(2)11-5-13-9(10)14-6-12-8(3)4/h7-8H,5-6H2,1-4H3. The Morgan fingerprint density at radius 3 is 1.57 bits per heavy atom. The molecule has 14 heavy (non-hydrogen) atoms. The van der Waals surface area contributed by atoms with Crippen LogP contribution in [0.25, 0.3) is 0 Å². The second-order valence-electron chi connectivity index (χ2n) is 3.21. The van der Waals surface area contributed by atoms with Crippen molar-refractivity contribution in [1.82, 2.24) is 0 Å². The van der Waals surface area contributed by atoms with E-state index < -0.39 is 6.16 Å². The summed E-state index contributed by atoms with van der Waals surface area (Å²) < 4.78 is 19.1. The highest BCUT2D eigenvalue weighted by Gasteiger charge is 2.04. The van der Waals surface area contributed by atoms with Crippen molar-refractivity contribution in [1.29, 1.82) is 0 Å². The van der Waals surface area contributed by atoms with E-state index in [4.69, 9.17) is 9.47 Å². The van der Waals surface area contributed by atoms with Gasteiger partial charge in [0.05, 0.1) is 12.2 Å². The van der Waals surface area contributed by atoms with Crippen LogP contribution in [0.2, 0.25) is 0 Å². The topological polar surface area (TPSA) is 54.0 Å². The minimum absolute atomic E-state index is 0.0229. The quantitative estimate of drug-likeness (QED) is 0.490. The van der Waals surface area contributed by atoms with Crippen molar-refractivity contribution in [2.24, 2.45) is 0 Å². The summed E-state index contributed by atoms with van der Waals surface area (Å²) in [6, 6.07) is 0. The Morgan fingerprint density at radius 2 is 1.29 bits per heavy atom. The van der Waals surface area contributed by atoms with Gasteiger partial charge in [-0.25, -0.2) is 4.79 Å². The van der Waals surface area contributed by atoms with Crippen molar-refractivity contribution in [3.63, 3.8) is 0 Å². The molecular weight excluding hydrogens is 188 g/mol. The summed E-state index contributed by atoms with van der Waals surface area (Å²) in [4.78, 5) is 10.8. The molecular formula is C9H18O5. The highest BCUT2D eigenvalue weighted by molar-refractivity contribution is 5.59. The molecule has 0 bridgehead atoms. The monoisotopic (exact) mass is 206 g/mol. The Kier molecular flexibility index (Phi) is 7.14. The predicted octanol–water partition coefficient (Wildman–Crippen LogP) is 1.90. The highest BCUT2D eigenvalue weighted by atomic mass is 16.8. The van der Waals surface area contributed by atoms with Gasteiger partial charge in [0.25, 0.3) is 0 Å². The van der Waals surface area contributed by atoms with Crippen molar-refractivity contribution in [3.05, 3.63) is 0 Å². The van der Waals surface area contributed by atoms with Gasteiger partial charge in [-0.3, -0.25) is 0 Å². The van der Waals surface area contributed by atoms with Gasteiger partial charge < -0.3 is 18.9 Å². The molecule has 0 amide bonds. The lowest BCUT2D eigenvalue weighted by Crippen LogP contribution is -2.16. The first-order chi connectivity index (χ1) is 6.52. The minimum Gasteiger partial charge on any atom is -0.407 e. The summed E-state index contributed by atoms with van der Waals surface area (Å²) in [6.07, 6.45) is -0.740. The van der Waals surface area contributed by atoms with Gasteiger partial charge in [-0.05, 0) is 27.7 Å². The van der Waals surface area contributed by atoms with Gasteiger partial charge in [-0.15, -0.1) is 0 Å². The Hall–Kier alpha value is -0.810. The molecule has 0 atom stereocenters. The third kappa shape index (κ3) is 9.28. The summed E-state index contributed by atoms with van der Waals surface area (Å²) >= 11 is 0. The van der Waals surface area contributed by atoms with Crippen LogP contribution < -0.4 is 0 Å². The van der Waals surface area contributed by atoms with E-state index in [1.165, 1.54) is 0 Å². The summed E-state index contributed by atoms with van der Waals surface area (Å²) in [5.41, 5.74) is 0. The first-order valence-electron chi connectivity index (χ1n) is 4.55. The van der Waals surface area contributed by atoms with Crippen LogP contribution in [0.15, 0.2) is 0 Å². The molecule has 0 radical (unpaired) electrons. The Bertz CT molecular complexity index is 139. The van der Waals surface area contributed by atoms with Gasteiger partial charge in [0, 0.05) is 0 Å². The second kappa shape index (κ2) is 7.58. The molecule has 0 aliphatic heterocycles. The van der Waals surface area contributed by atoms with Crippen LogP contribution >= 0.6 is 0 Å². The van der Waals surface area contributed by atoms with Crippen molar-refractivity contribution in [3.8, 4) is 0 Å². The molecule has 84 valence electrons. The van der Waals surface area contributed by atoms with Gasteiger partial charge in [0.15, 0.2) is 13.6 Å². The van der Waals surface area contributed by atoms with E-state index in [2.05, 4.69) is 9.47 Å². The first kappa shape index (κ1) is 13.2. The summed E-state index contributed by atoms with van der Waals surface area (Å²) in [5, 5.41) is 0. The maximum Gasteiger partial charge on any atom is 0.512 e. The van der Waals surface area contributed by atoms with Gasteiger partial charge in [-0.2, -0.15) is 0 Å². The molecule has 0 unspecified atom stereocenters. The van der Waals surface area contributed by atoms with Gasteiger partial charge in [0.2, 0.25) is 0 Å².